The van der Waals surface area contributed by atoms with Crippen molar-refractivity contribution in [2.24, 2.45) is 0 Å². The van der Waals surface area contributed by atoms with Gasteiger partial charge in [-0.3, -0.25) is 9.69 Å². The average molecular weight is 348 g/mol. The summed E-state index contributed by atoms with van der Waals surface area (Å²) >= 11 is 1.62. The van der Waals surface area contributed by atoms with Crippen LogP contribution in [0, 0.1) is 6.92 Å². The fourth-order valence-corrected chi connectivity index (χ4v) is 3.57. The molecular weight excluding hydrogens is 324 g/mol. The standard InChI is InChI=1S/C17H24N4O2S/c1-13-19-16(12-24-13)14-10-15(18-11-14)17(22)21-5-3-4-20(6-7-21)8-9-23-2/h10-12,18H,3-9H2,1-2H3. The lowest BCUT2D eigenvalue weighted by Gasteiger charge is -2.21. The third-order valence-electron chi connectivity index (χ3n) is 4.32. The molecule has 7 heteroatoms. The van der Waals surface area contributed by atoms with Crippen molar-refractivity contribution in [3.63, 3.8) is 0 Å². The summed E-state index contributed by atoms with van der Waals surface area (Å²) in [5.41, 5.74) is 2.54. The molecule has 1 amide bonds. The van der Waals surface area contributed by atoms with E-state index in [1.165, 1.54) is 0 Å². The number of carbonyl (C=O) groups excluding carboxylic acids is 1. The van der Waals surface area contributed by atoms with Gasteiger partial charge in [-0.2, -0.15) is 0 Å². The third kappa shape index (κ3) is 4.03. The van der Waals surface area contributed by atoms with Crippen LogP contribution >= 0.6 is 11.3 Å². The van der Waals surface area contributed by atoms with Crippen molar-refractivity contribution in [1.29, 1.82) is 0 Å². The van der Waals surface area contributed by atoms with Crippen molar-refractivity contribution in [2.75, 3.05) is 46.4 Å². The molecule has 0 radical (unpaired) electrons. The van der Waals surface area contributed by atoms with Crippen LogP contribution in [0.5, 0.6) is 0 Å². The molecule has 1 aliphatic heterocycles. The largest absolute Gasteiger partial charge is 0.383 e. The lowest BCUT2D eigenvalue weighted by molar-refractivity contribution is 0.0754. The number of H-pyrrole nitrogens is 1. The highest BCUT2D eigenvalue weighted by atomic mass is 32.1. The Hall–Kier alpha value is -1.70. The van der Waals surface area contributed by atoms with Crippen LogP contribution in [0.3, 0.4) is 0 Å². The van der Waals surface area contributed by atoms with E-state index >= 15 is 0 Å². The fraction of sp³-hybridized carbons (Fsp3) is 0.529. The Bertz CT molecular complexity index is 682. The monoisotopic (exact) mass is 348 g/mol. The number of ether oxygens (including phenoxy) is 1. The van der Waals surface area contributed by atoms with Crippen LogP contribution in [0.2, 0.25) is 0 Å². The predicted molar refractivity (Wildman–Crippen MR) is 95.5 cm³/mol. The van der Waals surface area contributed by atoms with E-state index < -0.39 is 0 Å². The maximum atomic E-state index is 12.8. The number of methoxy groups -OCH3 is 1. The summed E-state index contributed by atoms with van der Waals surface area (Å²) in [6.07, 6.45) is 2.86. The van der Waals surface area contributed by atoms with Crippen molar-refractivity contribution in [3.05, 3.63) is 28.3 Å². The molecule has 0 saturated carbocycles. The van der Waals surface area contributed by atoms with Gasteiger partial charge in [-0.15, -0.1) is 11.3 Å². The number of thiazole rings is 1. The molecule has 0 atom stereocenters. The molecule has 3 rings (SSSR count). The molecule has 1 saturated heterocycles. The smallest absolute Gasteiger partial charge is 0.270 e. The van der Waals surface area contributed by atoms with Gasteiger partial charge in [0.15, 0.2) is 0 Å². The van der Waals surface area contributed by atoms with Gasteiger partial charge in [-0.05, 0) is 26.0 Å². The van der Waals surface area contributed by atoms with Gasteiger partial charge in [-0.25, -0.2) is 4.98 Å². The summed E-state index contributed by atoms with van der Waals surface area (Å²) in [6, 6.07) is 1.91. The van der Waals surface area contributed by atoms with Crippen molar-refractivity contribution in [3.8, 4) is 11.3 Å². The summed E-state index contributed by atoms with van der Waals surface area (Å²) in [6.45, 7) is 7.11. The van der Waals surface area contributed by atoms with Crippen LogP contribution < -0.4 is 0 Å². The van der Waals surface area contributed by atoms with E-state index in [4.69, 9.17) is 4.74 Å². The number of carbonyl (C=O) groups is 1. The lowest BCUT2D eigenvalue weighted by Crippen LogP contribution is -2.36. The van der Waals surface area contributed by atoms with Gasteiger partial charge in [0.25, 0.3) is 5.91 Å². The number of aryl methyl sites for hydroxylation is 1. The Morgan fingerprint density at radius 1 is 1.38 bits per heavy atom. The highest BCUT2D eigenvalue weighted by molar-refractivity contribution is 7.09. The van der Waals surface area contributed by atoms with Crippen LogP contribution in [-0.2, 0) is 4.74 Å². The summed E-state index contributed by atoms with van der Waals surface area (Å²) in [4.78, 5) is 24.6. The summed E-state index contributed by atoms with van der Waals surface area (Å²) in [7, 11) is 1.72. The van der Waals surface area contributed by atoms with Crippen molar-refractivity contribution in [1.82, 2.24) is 19.8 Å². The molecule has 0 bridgehead atoms. The number of hydrogen-bond acceptors (Lipinski definition) is 5. The van der Waals surface area contributed by atoms with Crippen molar-refractivity contribution >= 4 is 17.2 Å². The molecule has 6 nitrogen and oxygen atoms in total. The molecule has 1 N–H and O–H groups in total. The molecule has 2 aromatic rings. The zero-order valence-electron chi connectivity index (χ0n) is 14.2. The van der Waals surface area contributed by atoms with E-state index in [2.05, 4.69) is 14.9 Å². The first-order chi connectivity index (χ1) is 11.7. The van der Waals surface area contributed by atoms with Crippen LogP contribution in [0.4, 0.5) is 0 Å². The van der Waals surface area contributed by atoms with Gasteiger partial charge in [0, 0.05) is 50.4 Å². The Labute approximate surface area is 146 Å². The summed E-state index contributed by atoms with van der Waals surface area (Å²) in [5.74, 6) is 0.0711. The molecule has 1 aliphatic rings. The van der Waals surface area contributed by atoms with Gasteiger partial charge in [0.05, 0.1) is 17.3 Å². The van der Waals surface area contributed by atoms with Crippen LogP contribution in [0.25, 0.3) is 11.3 Å². The fourth-order valence-electron chi connectivity index (χ4n) is 2.95. The first-order valence-electron chi connectivity index (χ1n) is 8.29. The zero-order chi connectivity index (χ0) is 16.9. The van der Waals surface area contributed by atoms with E-state index in [1.54, 1.807) is 18.4 Å². The van der Waals surface area contributed by atoms with E-state index in [1.807, 2.05) is 29.5 Å². The quantitative estimate of drug-likeness (QED) is 0.900. The molecule has 0 unspecified atom stereocenters. The number of rotatable bonds is 5. The number of amides is 1. The summed E-state index contributed by atoms with van der Waals surface area (Å²) < 4.78 is 5.14. The molecule has 1 fully saturated rings. The maximum Gasteiger partial charge on any atom is 0.270 e. The SMILES string of the molecule is COCCN1CCCN(C(=O)c2cc(-c3csc(C)n3)c[nH]2)CC1. The van der Waals surface area contributed by atoms with Gasteiger partial charge >= 0.3 is 0 Å². The normalized spacial score (nSPS) is 16.3. The predicted octanol–water partition coefficient (Wildman–Crippen LogP) is 2.24. The number of nitrogens with one attached hydrogen (secondary N) is 1. The number of nitrogens with zero attached hydrogens (tertiary/aromatic N) is 3. The maximum absolute atomic E-state index is 12.8. The van der Waals surface area contributed by atoms with Crippen LogP contribution in [-0.4, -0.2) is 72.1 Å². The van der Waals surface area contributed by atoms with E-state index in [9.17, 15) is 4.79 Å². The Kier molecular flexibility index (Phi) is 5.65. The number of aromatic amines is 1. The number of hydrogen-bond donors (Lipinski definition) is 1. The zero-order valence-corrected chi connectivity index (χ0v) is 15.1. The van der Waals surface area contributed by atoms with Gasteiger partial charge in [-0.1, -0.05) is 0 Å². The number of aromatic nitrogens is 2. The molecule has 24 heavy (non-hydrogen) atoms. The van der Waals surface area contributed by atoms with E-state index in [0.29, 0.717) is 5.69 Å². The van der Waals surface area contributed by atoms with Gasteiger partial charge < -0.3 is 14.6 Å². The Balaban J connectivity index is 1.63. The Morgan fingerprint density at radius 3 is 3.00 bits per heavy atom. The minimum absolute atomic E-state index is 0.0711. The second-order valence-electron chi connectivity index (χ2n) is 6.03. The molecule has 3 heterocycles. The van der Waals surface area contributed by atoms with Crippen LogP contribution in [0.1, 0.15) is 21.9 Å². The first-order valence-corrected chi connectivity index (χ1v) is 9.17. The van der Waals surface area contributed by atoms with E-state index in [0.717, 1.165) is 62.0 Å². The average Bonchev–Trinajstić information content (AvgIpc) is 3.16. The van der Waals surface area contributed by atoms with Crippen LogP contribution in [0.15, 0.2) is 17.6 Å². The molecule has 130 valence electrons. The summed E-state index contributed by atoms with van der Waals surface area (Å²) in [5, 5.41) is 3.05. The molecule has 0 aromatic carbocycles. The third-order valence-corrected chi connectivity index (χ3v) is 5.09. The second-order valence-corrected chi connectivity index (χ2v) is 7.10. The molecular formula is C17H24N4O2S. The Morgan fingerprint density at radius 2 is 2.25 bits per heavy atom. The minimum Gasteiger partial charge on any atom is -0.383 e. The highest BCUT2D eigenvalue weighted by Gasteiger charge is 2.21. The topological polar surface area (TPSA) is 61.5 Å². The van der Waals surface area contributed by atoms with Crippen molar-refractivity contribution in [2.45, 2.75) is 13.3 Å². The van der Waals surface area contributed by atoms with Crippen molar-refractivity contribution < 1.29 is 9.53 Å². The minimum atomic E-state index is 0.0711. The molecule has 0 aliphatic carbocycles. The highest BCUT2D eigenvalue weighted by Crippen LogP contribution is 2.23. The lowest BCUT2D eigenvalue weighted by atomic mass is 10.2. The molecule has 0 spiro atoms. The second kappa shape index (κ2) is 7.92. The first kappa shape index (κ1) is 17.1. The molecule has 2 aromatic heterocycles. The van der Waals surface area contributed by atoms with Gasteiger partial charge in [0.2, 0.25) is 0 Å². The van der Waals surface area contributed by atoms with Gasteiger partial charge in [0.1, 0.15) is 5.69 Å². The van der Waals surface area contributed by atoms with E-state index in [-0.39, 0.29) is 5.91 Å².